The summed E-state index contributed by atoms with van der Waals surface area (Å²) in [6, 6.07) is 8.21. The zero-order valence-electron chi connectivity index (χ0n) is 15.8. The minimum absolute atomic E-state index is 0.106. The number of halogens is 1. The Morgan fingerprint density at radius 1 is 1.07 bits per heavy atom. The molecule has 0 aliphatic heterocycles. The van der Waals surface area contributed by atoms with E-state index in [0.717, 1.165) is 6.07 Å². The van der Waals surface area contributed by atoms with Crippen LogP contribution in [0.15, 0.2) is 36.4 Å². The summed E-state index contributed by atoms with van der Waals surface area (Å²) in [6.07, 6.45) is 0. The third kappa shape index (κ3) is 5.03. The van der Waals surface area contributed by atoms with Gasteiger partial charge in [-0.1, -0.05) is 6.07 Å². The lowest BCUT2D eigenvalue weighted by Gasteiger charge is -2.17. The molecule has 0 atom stereocenters. The molecule has 9 heteroatoms. The molecule has 0 bridgehead atoms. The van der Waals surface area contributed by atoms with Crippen molar-refractivity contribution in [3.8, 4) is 0 Å². The summed E-state index contributed by atoms with van der Waals surface area (Å²) in [4.78, 5) is 36.5. The number of non-ortho nitro benzene ring substituents is 1. The smallest absolute Gasteiger partial charge is 0.270 e. The van der Waals surface area contributed by atoms with Gasteiger partial charge in [-0.15, -0.1) is 0 Å². The largest absolute Gasteiger partial charge is 0.377 e. The number of carbonyl (C=O) groups is 2. The van der Waals surface area contributed by atoms with Gasteiger partial charge in [0.25, 0.3) is 17.5 Å². The Hall–Kier alpha value is -3.49. The Labute approximate surface area is 161 Å². The number of benzene rings is 2. The summed E-state index contributed by atoms with van der Waals surface area (Å²) in [6.45, 7) is 1.82. The number of hydrogen-bond donors (Lipinski definition) is 2. The Bertz CT molecular complexity index is 915. The van der Waals surface area contributed by atoms with Crippen molar-refractivity contribution in [2.45, 2.75) is 6.92 Å². The number of aryl methyl sites for hydroxylation is 1. The van der Waals surface area contributed by atoms with Crippen LogP contribution in [0.4, 0.5) is 15.8 Å². The molecule has 2 aromatic rings. The molecule has 0 aliphatic carbocycles. The van der Waals surface area contributed by atoms with E-state index < -0.39 is 22.6 Å². The molecule has 8 nitrogen and oxygen atoms in total. The van der Waals surface area contributed by atoms with Crippen LogP contribution in [0.3, 0.4) is 0 Å². The highest BCUT2D eigenvalue weighted by atomic mass is 19.1. The van der Waals surface area contributed by atoms with Gasteiger partial charge in [0.05, 0.1) is 10.5 Å². The number of nitrogens with zero attached hydrogens (tertiary/aromatic N) is 2. The van der Waals surface area contributed by atoms with Gasteiger partial charge in [-0.3, -0.25) is 19.7 Å². The molecule has 0 saturated carbocycles. The zero-order valence-corrected chi connectivity index (χ0v) is 15.8. The molecule has 2 N–H and O–H groups in total. The second kappa shape index (κ2) is 8.94. The average Bonchev–Trinajstić information content (AvgIpc) is 2.66. The Balaban J connectivity index is 1.96. The molecule has 0 fully saturated rings. The molecule has 0 aromatic heterocycles. The first-order valence-electron chi connectivity index (χ1n) is 8.49. The van der Waals surface area contributed by atoms with E-state index >= 15 is 0 Å². The van der Waals surface area contributed by atoms with Crippen molar-refractivity contribution in [2.75, 3.05) is 32.1 Å². The van der Waals surface area contributed by atoms with Crippen molar-refractivity contribution in [1.29, 1.82) is 0 Å². The second-order valence-corrected chi connectivity index (χ2v) is 6.33. The molecule has 148 valence electrons. The predicted octanol–water partition coefficient (Wildman–Crippen LogP) is 2.27. The van der Waals surface area contributed by atoms with Gasteiger partial charge >= 0.3 is 0 Å². The standard InChI is InChI=1S/C19H21FN4O4/c1-12-4-5-13(10-16(12)20)18(25)21-8-9-22-19(26)15-11-14(24(27)28)6-7-17(15)23(2)3/h4-7,10-11H,8-9H2,1-3H3,(H,21,25)(H,22,26). The highest BCUT2D eigenvalue weighted by molar-refractivity contribution is 6.00. The third-order valence-electron chi connectivity index (χ3n) is 4.05. The summed E-state index contributed by atoms with van der Waals surface area (Å²) in [7, 11) is 3.44. The van der Waals surface area contributed by atoms with E-state index in [1.807, 2.05) is 0 Å². The topological polar surface area (TPSA) is 105 Å². The van der Waals surface area contributed by atoms with Crippen LogP contribution >= 0.6 is 0 Å². The van der Waals surface area contributed by atoms with Gasteiger partial charge in [0.1, 0.15) is 5.82 Å². The van der Waals surface area contributed by atoms with Crippen molar-refractivity contribution in [3.05, 3.63) is 69.0 Å². The molecule has 0 spiro atoms. The number of nitro groups is 1. The number of hydrogen-bond acceptors (Lipinski definition) is 5. The zero-order chi connectivity index (χ0) is 20.8. The van der Waals surface area contributed by atoms with Crippen molar-refractivity contribution in [2.24, 2.45) is 0 Å². The molecular formula is C19H21FN4O4. The van der Waals surface area contributed by atoms with Crippen LogP contribution in [0.5, 0.6) is 0 Å². The Morgan fingerprint density at radius 2 is 1.71 bits per heavy atom. The average molecular weight is 388 g/mol. The van der Waals surface area contributed by atoms with E-state index in [1.54, 1.807) is 25.9 Å². The van der Waals surface area contributed by atoms with E-state index in [2.05, 4.69) is 10.6 Å². The molecule has 0 unspecified atom stereocenters. The van der Waals surface area contributed by atoms with Gasteiger partial charge in [0.15, 0.2) is 0 Å². The van der Waals surface area contributed by atoms with E-state index in [1.165, 1.54) is 30.3 Å². The lowest BCUT2D eigenvalue weighted by molar-refractivity contribution is -0.384. The van der Waals surface area contributed by atoms with Crippen LogP contribution in [0, 0.1) is 22.9 Å². The minimum atomic E-state index is -0.572. The fraction of sp³-hybridized carbons (Fsp3) is 0.263. The highest BCUT2D eigenvalue weighted by Gasteiger charge is 2.17. The number of amides is 2. The monoisotopic (exact) mass is 388 g/mol. The van der Waals surface area contributed by atoms with Gasteiger partial charge in [-0.25, -0.2) is 4.39 Å². The summed E-state index contributed by atoms with van der Waals surface area (Å²) < 4.78 is 13.5. The van der Waals surface area contributed by atoms with E-state index in [9.17, 15) is 24.1 Å². The minimum Gasteiger partial charge on any atom is -0.377 e. The lowest BCUT2D eigenvalue weighted by Crippen LogP contribution is -2.35. The molecule has 2 amide bonds. The summed E-state index contributed by atoms with van der Waals surface area (Å²) in [5.74, 6) is -1.43. The SMILES string of the molecule is Cc1ccc(C(=O)NCCNC(=O)c2cc([N+](=O)[O-])ccc2N(C)C)cc1F. The summed E-state index contributed by atoms with van der Waals surface area (Å²) >= 11 is 0. The van der Waals surface area contributed by atoms with Gasteiger partial charge in [0.2, 0.25) is 0 Å². The van der Waals surface area contributed by atoms with Gasteiger partial charge < -0.3 is 15.5 Å². The van der Waals surface area contributed by atoms with Crippen LogP contribution in [0.1, 0.15) is 26.3 Å². The maximum Gasteiger partial charge on any atom is 0.270 e. The summed E-state index contributed by atoms with van der Waals surface area (Å²) in [5, 5.41) is 16.1. The molecule has 0 radical (unpaired) electrons. The van der Waals surface area contributed by atoms with Crippen molar-refractivity contribution in [1.82, 2.24) is 10.6 Å². The number of carbonyl (C=O) groups excluding carboxylic acids is 2. The van der Waals surface area contributed by atoms with Crippen LogP contribution in [0.2, 0.25) is 0 Å². The lowest BCUT2D eigenvalue weighted by atomic mass is 10.1. The number of anilines is 1. The molecule has 28 heavy (non-hydrogen) atoms. The number of nitro benzene ring substituents is 1. The molecule has 0 aliphatic rings. The van der Waals surface area contributed by atoms with Gasteiger partial charge in [-0.2, -0.15) is 0 Å². The van der Waals surface area contributed by atoms with E-state index in [4.69, 9.17) is 0 Å². The van der Waals surface area contributed by atoms with Crippen LogP contribution in [0.25, 0.3) is 0 Å². The van der Waals surface area contributed by atoms with Crippen LogP contribution < -0.4 is 15.5 Å². The van der Waals surface area contributed by atoms with E-state index in [0.29, 0.717) is 11.3 Å². The summed E-state index contributed by atoms with van der Waals surface area (Å²) in [5.41, 5.74) is 1.12. The molecule has 0 heterocycles. The van der Waals surface area contributed by atoms with Crippen molar-refractivity contribution < 1.29 is 18.9 Å². The first-order chi connectivity index (χ1) is 13.2. The maximum atomic E-state index is 13.5. The van der Waals surface area contributed by atoms with Crippen molar-refractivity contribution >= 4 is 23.2 Å². The third-order valence-corrected chi connectivity index (χ3v) is 4.05. The van der Waals surface area contributed by atoms with Crippen LogP contribution in [-0.4, -0.2) is 43.9 Å². The maximum absolute atomic E-state index is 13.5. The fourth-order valence-electron chi connectivity index (χ4n) is 2.49. The van der Waals surface area contributed by atoms with Gasteiger partial charge in [0, 0.05) is 50.6 Å². The normalized spacial score (nSPS) is 10.3. The number of rotatable bonds is 7. The fourth-order valence-corrected chi connectivity index (χ4v) is 2.49. The molecule has 0 saturated heterocycles. The second-order valence-electron chi connectivity index (χ2n) is 6.33. The molecule has 2 aromatic carbocycles. The van der Waals surface area contributed by atoms with Crippen molar-refractivity contribution in [3.63, 3.8) is 0 Å². The molecular weight excluding hydrogens is 367 g/mol. The predicted molar refractivity (Wildman–Crippen MR) is 103 cm³/mol. The van der Waals surface area contributed by atoms with Gasteiger partial charge in [-0.05, 0) is 30.7 Å². The molecule has 2 rings (SSSR count). The first kappa shape index (κ1) is 20.8. The number of nitrogens with one attached hydrogen (secondary N) is 2. The quantitative estimate of drug-likeness (QED) is 0.430. The highest BCUT2D eigenvalue weighted by Crippen LogP contribution is 2.24. The first-order valence-corrected chi connectivity index (χ1v) is 8.49. The Morgan fingerprint density at radius 3 is 2.29 bits per heavy atom. The van der Waals surface area contributed by atoms with E-state index in [-0.39, 0.29) is 29.9 Å². The Kier molecular flexibility index (Phi) is 6.64. The van der Waals surface area contributed by atoms with Crippen LogP contribution in [-0.2, 0) is 0 Å².